The molecule has 104 valence electrons. The molecule has 4 nitrogen and oxygen atoms in total. The maximum atomic E-state index is 4.21. The molecule has 0 radical (unpaired) electrons. The largest absolute Gasteiger partial charge is 0.311 e. The number of nitrogens with zero attached hydrogens (tertiary/aromatic N) is 3. The Morgan fingerprint density at radius 2 is 2.20 bits per heavy atom. The maximum absolute atomic E-state index is 4.21. The van der Waals surface area contributed by atoms with Crippen LogP contribution in [0.2, 0.25) is 0 Å². The van der Waals surface area contributed by atoms with Gasteiger partial charge < -0.3 is 5.32 Å². The second-order valence-electron chi connectivity index (χ2n) is 5.30. The van der Waals surface area contributed by atoms with Crippen LogP contribution in [0.15, 0.2) is 35.8 Å². The molecular formula is C15H18N4S. The molecule has 20 heavy (non-hydrogen) atoms. The van der Waals surface area contributed by atoms with E-state index in [9.17, 15) is 0 Å². The van der Waals surface area contributed by atoms with Gasteiger partial charge in [-0.2, -0.15) is 0 Å². The molecule has 0 spiro atoms. The SMILES string of the molecule is CC(C)CNCc1cnnn1-c1ccc2sccc2c1. The molecule has 0 atom stereocenters. The zero-order valence-corrected chi connectivity index (χ0v) is 12.5. The highest BCUT2D eigenvalue weighted by molar-refractivity contribution is 7.17. The number of fused-ring (bicyclic) bond motifs is 1. The van der Waals surface area contributed by atoms with E-state index in [-0.39, 0.29) is 0 Å². The highest BCUT2D eigenvalue weighted by Gasteiger charge is 2.07. The summed E-state index contributed by atoms with van der Waals surface area (Å²) in [6.45, 7) is 6.18. The highest BCUT2D eigenvalue weighted by atomic mass is 32.1. The van der Waals surface area contributed by atoms with Crippen molar-refractivity contribution in [2.24, 2.45) is 5.92 Å². The molecule has 3 rings (SSSR count). The first-order chi connectivity index (χ1) is 9.74. The Bertz CT molecular complexity index is 699. The molecule has 1 N–H and O–H groups in total. The highest BCUT2D eigenvalue weighted by Crippen LogP contribution is 2.23. The molecule has 0 unspecified atom stereocenters. The van der Waals surface area contributed by atoms with Crippen molar-refractivity contribution in [3.05, 3.63) is 41.5 Å². The average Bonchev–Trinajstić information content (AvgIpc) is 3.05. The third-order valence-corrected chi connectivity index (χ3v) is 4.06. The number of thiophene rings is 1. The van der Waals surface area contributed by atoms with Gasteiger partial charge >= 0.3 is 0 Å². The van der Waals surface area contributed by atoms with Crippen molar-refractivity contribution >= 4 is 21.4 Å². The molecule has 0 amide bonds. The molecule has 2 aromatic heterocycles. The van der Waals surface area contributed by atoms with Crippen LogP contribution in [0.4, 0.5) is 0 Å². The third kappa shape index (κ3) is 2.73. The van der Waals surface area contributed by atoms with Crippen molar-refractivity contribution in [1.82, 2.24) is 20.3 Å². The Labute approximate surface area is 122 Å². The Morgan fingerprint density at radius 3 is 3.05 bits per heavy atom. The first kappa shape index (κ1) is 13.3. The monoisotopic (exact) mass is 286 g/mol. The summed E-state index contributed by atoms with van der Waals surface area (Å²) in [5.74, 6) is 0.640. The van der Waals surface area contributed by atoms with E-state index < -0.39 is 0 Å². The Hall–Kier alpha value is -1.72. The van der Waals surface area contributed by atoms with E-state index in [2.05, 4.69) is 59.1 Å². The van der Waals surface area contributed by atoms with Gasteiger partial charge in [-0.05, 0) is 47.5 Å². The molecule has 0 saturated heterocycles. The zero-order valence-electron chi connectivity index (χ0n) is 11.7. The van der Waals surface area contributed by atoms with Crippen molar-refractivity contribution in [1.29, 1.82) is 0 Å². The van der Waals surface area contributed by atoms with E-state index >= 15 is 0 Å². The van der Waals surface area contributed by atoms with E-state index in [1.807, 2.05) is 10.9 Å². The van der Waals surface area contributed by atoms with Gasteiger partial charge in [0.05, 0.1) is 17.6 Å². The summed E-state index contributed by atoms with van der Waals surface area (Å²) in [5, 5.41) is 15.0. The minimum absolute atomic E-state index is 0.640. The number of hydrogen-bond acceptors (Lipinski definition) is 4. The molecule has 5 heteroatoms. The molecular weight excluding hydrogens is 268 g/mol. The lowest BCUT2D eigenvalue weighted by atomic mass is 10.2. The number of aromatic nitrogens is 3. The van der Waals surface area contributed by atoms with E-state index in [1.165, 1.54) is 10.1 Å². The molecule has 1 aromatic carbocycles. The molecule has 0 saturated carbocycles. The first-order valence-corrected chi connectivity index (χ1v) is 7.70. The fourth-order valence-electron chi connectivity index (χ4n) is 2.17. The van der Waals surface area contributed by atoms with Crippen molar-refractivity contribution in [3.8, 4) is 5.69 Å². The van der Waals surface area contributed by atoms with Gasteiger partial charge in [-0.15, -0.1) is 16.4 Å². The van der Waals surface area contributed by atoms with Crippen LogP contribution < -0.4 is 5.32 Å². The second-order valence-corrected chi connectivity index (χ2v) is 6.25. The number of hydrogen-bond donors (Lipinski definition) is 1. The third-order valence-electron chi connectivity index (χ3n) is 3.16. The quantitative estimate of drug-likeness (QED) is 0.783. The van der Waals surface area contributed by atoms with Gasteiger partial charge in [0.15, 0.2) is 0 Å². The van der Waals surface area contributed by atoms with Gasteiger partial charge in [0.2, 0.25) is 0 Å². The minimum Gasteiger partial charge on any atom is -0.311 e. The fraction of sp³-hybridized carbons (Fsp3) is 0.333. The van der Waals surface area contributed by atoms with E-state index in [0.717, 1.165) is 24.5 Å². The fourth-order valence-corrected chi connectivity index (χ4v) is 2.94. The zero-order chi connectivity index (χ0) is 13.9. The lowest BCUT2D eigenvalue weighted by Crippen LogP contribution is -2.20. The van der Waals surface area contributed by atoms with Crippen LogP contribution in [0.1, 0.15) is 19.5 Å². The van der Waals surface area contributed by atoms with E-state index in [1.54, 1.807) is 11.3 Å². The van der Waals surface area contributed by atoms with Crippen molar-refractivity contribution < 1.29 is 0 Å². The second kappa shape index (κ2) is 5.73. The molecule has 0 bridgehead atoms. The van der Waals surface area contributed by atoms with Crippen molar-refractivity contribution in [2.75, 3.05) is 6.54 Å². The van der Waals surface area contributed by atoms with Gasteiger partial charge in [0.25, 0.3) is 0 Å². The van der Waals surface area contributed by atoms with Gasteiger partial charge in [-0.1, -0.05) is 19.1 Å². The molecule has 3 aromatic rings. The Kier molecular flexibility index (Phi) is 3.80. The lowest BCUT2D eigenvalue weighted by molar-refractivity contribution is 0.542. The van der Waals surface area contributed by atoms with Gasteiger partial charge in [0, 0.05) is 11.2 Å². The molecule has 0 aliphatic carbocycles. The van der Waals surface area contributed by atoms with Gasteiger partial charge in [0.1, 0.15) is 0 Å². The molecule has 0 aliphatic rings. The van der Waals surface area contributed by atoms with Crippen molar-refractivity contribution in [3.63, 3.8) is 0 Å². The summed E-state index contributed by atoms with van der Waals surface area (Å²) in [4.78, 5) is 0. The predicted octanol–water partition coefficient (Wildman–Crippen LogP) is 3.23. The lowest BCUT2D eigenvalue weighted by Gasteiger charge is -2.09. The first-order valence-electron chi connectivity index (χ1n) is 6.82. The maximum Gasteiger partial charge on any atom is 0.0783 e. The average molecular weight is 286 g/mol. The molecule has 0 fully saturated rings. The van der Waals surface area contributed by atoms with Crippen LogP contribution in [-0.4, -0.2) is 21.5 Å². The molecule has 2 heterocycles. The van der Waals surface area contributed by atoms with Gasteiger partial charge in [-0.25, -0.2) is 4.68 Å². The van der Waals surface area contributed by atoms with Crippen LogP contribution in [0, 0.1) is 5.92 Å². The summed E-state index contributed by atoms with van der Waals surface area (Å²) >= 11 is 1.76. The number of benzene rings is 1. The summed E-state index contributed by atoms with van der Waals surface area (Å²) < 4.78 is 3.21. The van der Waals surface area contributed by atoms with Crippen LogP contribution in [0.25, 0.3) is 15.8 Å². The standard InChI is InChI=1S/C15H18N4S/c1-11(2)8-16-9-14-10-17-18-19(14)13-3-4-15-12(7-13)5-6-20-15/h3-7,10-11,16H,8-9H2,1-2H3. The topological polar surface area (TPSA) is 42.7 Å². The van der Waals surface area contributed by atoms with Crippen LogP contribution in [-0.2, 0) is 6.54 Å². The smallest absolute Gasteiger partial charge is 0.0783 e. The summed E-state index contributed by atoms with van der Waals surface area (Å²) in [6, 6.07) is 8.53. The minimum atomic E-state index is 0.640. The van der Waals surface area contributed by atoms with E-state index in [4.69, 9.17) is 0 Å². The summed E-state index contributed by atoms with van der Waals surface area (Å²) in [6.07, 6.45) is 1.82. The van der Waals surface area contributed by atoms with Crippen LogP contribution in [0.5, 0.6) is 0 Å². The predicted molar refractivity (Wildman–Crippen MR) is 83.3 cm³/mol. The Morgan fingerprint density at radius 1 is 1.30 bits per heavy atom. The summed E-state index contributed by atoms with van der Waals surface area (Å²) in [7, 11) is 0. The van der Waals surface area contributed by atoms with E-state index in [0.29, 0.717) is 5.92 Å². The Balaban J connectivity index is 1.84. The van der Waals surface area contributed by atoms with Crippen molar-refractivity contribution in [2.45, 2.75) is 20.4 Å². The van der Waals surface area contributed by atoms with Crippen LogP contribution in [0.3, 0.4) is 0 Å². The normalized spacial score (nSPS) is 11.6. The van der Waals surface area contributed by atoms with Crippen LogP contribution >= 0.6 is 11.3 Å². The summed E-state index contributed by atoms with van der Waals surface area (Å²) in [5.41, 5.74) is 2.15. The molecule has 0 aliphatic heterocycles. The van der Waals surface area contributed by atoms with Gasteiger partial charge in [-0.3, -0.25) is 0 Å². The number of rotatable bonds is 5. The number of nitrogens with one attached hydrogen (secondary N) is 1.